The molecule has 1 aliphatic rings. The van der Waals surface area contributed by atoms with Crippen molar-refractivity contribution < 1.29 is 9.59 Å². The Morgan fingerprint density at radius 2 is 2.10 bits per heavy atom. The minimum Gasteiger partial charge on any atom is -0.368 e. The Bertz CT molecular complexity index is 1060. The molecule has 1 unspecified atom stereocenters. The molecule has 7 heteroatoms. The standard InChI is InChI=1S/C22H22N4O2S/c1-13-5-7-17-15(10-13)6-8-18(17)26(22(28)20-14(2)25-12-29-20)19(21(23)27)16-4-3-9-24-11-16/h3-5,7,9-12,18-19H,6,8H2,1-2H3,(H2,23,27)/t18-,19?/m1/s1. The van der Waals surface area contributed by atoms with E-state index in [4.69, 9.17) is 5.73 Å². The van der Waals surface area contributed by atoms with Crippen LogP contribution in [-0.2, 0) is 11.2 Å². The number of nitrogens with two attached hydrogens (primary N) is 1. The fourth-order valence-electron chi connectivity index (χ4n) is 4.08. The summed E-state index contributed by atoms with van der Waals surface area (Å²) in [5, 5.41) is 0. The van der Waals surface area contributed by atoms with E-state index in [9.17, 15) is 9.59 Å². The number of hydrogen-bond acceptors (Lipinski definition) is 5. The third-order valence-electron chi connectivity index (χ3n) is 5.40. The molecule has 0 spiro atoms. The van der Waals surface area contributed by atoms with Gasteiger partial charge in [0, 0.05) is 18.0 Å². The van der Waals surface area contributed by atoms with Crippen molar-refractivity contribution in [2.24, 2.45) is 5.73 Å². The van der Waals surface area contributed by atoms with Crippen LogP contribution in [0.2, 0.25) is 0 Å². The van der Waals surface area contributed by atoms with Gasteiger partial charge in [-0.15, -0.1) is 11.3 Å². The number of pyridine rings is 1. The lowest BCUT2D eigenvalue weighted by Crippen LogP contribution is -2.43. The molecule has 1 aliphatic carbocycles. The number of aromatic nitrogens is 2. The maximum atomic E-state index is 13.7. The number of fused-ring (bicyclic) bond motifs is 1. The van der Waals surface area contributed by atoms with Gasteiger partial charge < -0.3 is 10.6 Å². The smallest absolute Gasteiger partial charge is 0.267 e. The minimum absolute atomic E-state index is 0.226. The van der Waals surface area contributed by atoms with Crippen molar-refractivity contribution in [1.82, 2.24) is 14.9 Å². The minimum atomic E-state index is -0.907. The first-order valence-corrected chi connectivity index (χ1v) is 10.4. The lowest BCUT2D eigenvalue weighted by Gasteiger charge is -2.35. The number of nitrogens with zero attached hydrogens (tertiary/aromatic N) is 3. The van der Waals surface area contributed by atoms with Crippen molar-refractivity contribution in [2.45, 2.75) is 38.8 Å². The second-order valence-corrected chi connectivity index (χ2v) is 8.18. The molecule has 2 amide bonds. The van der Waals surface area contributed by atoms with Gasteiger partial charge in [0.1, 0.15) is 10.9 Å². The molecule has 29 heavy (non-hydrogen) atoms. The molecule has 0 fully saturated rings. The largest absolute Gasteiger partial charge is 0.368 e. The average Bonchev–Trinajstić information content (AvgIpc) is 3.31. The number of benzene rings is 1. The van der Waals surface area contributed by atoms with E-state index in [0.29, 0.717) is 16.1 Å². The second kappa shape index (κ2) is 7.75. The third-order valence-corrected chi connectivity index (χ3v) is 6.32. The summed E-state index contributed by atoms with van der Waals surface area (Å²) in [4.78, 5) is 36.8. The first kappa shape index (κ1) is 19.3. The Kier molecular flexibility index (Phi) is 5.15. The van der Waals surface area contributed by atoms with E-state index < -0.39 is 11.9 Å². The maximum Gasteiger partial charge on any atom is 0.267 e. The summed E-state index contributed by atoms with van der Waals surface area (Å²) < 4.78 is 0. The molecule has 0 radical (unpaired) electrons. The van der Waals surface area contributed by atoms with E-state index in [1.807, 2.05) is 6.07 Å². The quantitative estimate of drug-likeness (QED) is 0.702. The molecular formula is C22H22N4O2S. The monoisotopic (exact) mass is 406 g/mol. The van der Waals surface area contributed by atoms with Gasteiger partial charge in [-0.1, -0.05) is 29.8 Å². The fraction of sp³-hybridized carbons (Fsp3) is 0.273. The van der Waals surface area contributed by atoms with Crippen molar-refractivity contribution in [3.05, 3.63) is 81.1 Å². The van der Waals surface area contributed by atoms with Crippen LogP contribution >= 0.6 is 11.3 Å². The van der Waals surface area contributed by atoms with Gasteiger partial charge in [-0.05, 0) is 43.9 Å². The van der Waals surface area contributed by atoms with Crippen LogP contribution in [0.3, 0.4) is 0 Å². The lowest BCUT2D eigenvalue weighted by atomic mass is 9.99. The number of primary amides is 1. The summed E-state index contributed by atoms with van der Waals surface area (Å²) in [6.07, 6.45) is 4.83. The van der Waals surface area contributed by atoms with Crippen molar-refractivity contribution >= 4 is 23.2 Å². The van der Waals surface area contributed by atoms with Gasteiger partial charge in [-0.25, -0.2) is 4.98 Å². The Balaban J connectivity index is 1.85. The first-order valence-electron chi connectivity index (χ1n) is 9.48. The molecule has 0 saturated carbocycles. The maximum absolute atomic E-state index is 13.7. The molecule has 2 atom stereocenters. The molecule has 0 saturated heterocycles. The van der Waals surface area contributed by atoms with Crippen LogP contribution in [-0.4, -0.2) is 26.7 Å². The molecule has 0 bridgehead atoms. The second-order valence-electron chi connectivity index (χ2n) is 7.33. The van der Waals surface area contributed by atoms with E-state index in [1.165, 1.54) is 22.5 Å². The Morgan fingerprint density at radius 1 is 1.28 bits per heavy atom. The van der Waals surface area contributed by atoms with Gasteiger partial charge in [0.2, 0.25) is 5.91 Å². The summed E-state index contributed by atoms with van der Waals surface area (Å²) in [6, 6.07) is 8.64. The van der Waals surface area contributed by atoms with Crippen LogP contribution in [0.15, 0.2) is 48.2 Å². The van der Waals surface area contributed by atoms with Gasteiger partial charge in [-0.2, -0.15) is 0 Å². The van der Waals surface area contributed by atoms with Gasteiger partial charge in [0.25, 0.3) is 5.91 Å². The summed E-state index contributed by atoms with van der Waals surface area (Å²) in [7, 11) is 0. The van der Waals surface area contributed by atoms with Crippen LogP contribution in [0, 0.1) is 13.8 Å². The van der Waals surface area contributed by atoms with Crippen LogP contribution in [0.4, 0.5) is 0 Å². The zero-order chi connectivity index (χ0) is 20.5. The number of amides is 2. The lowest BCUT2D eigenvalue weighted by molar-refractivity contribution is -0.123. The van der Waals surface area contributed by atoms with E-state index in [1.54, 1.807) is 41.9 Å². The summed E-state index contributed by atoms with van der Waals surface area (Å²) in [5.74, 6) is -0.801. The van der Waals surface area contributed by atoms with E-state index in [0.717, 1.165) is 18.4 Å². The molecule has 148 valence electrons. The van der Waals surface area contributed by atoms with Crippen LogP contribution in [0.5, 0.6) is 0 Å². The van der Waals surface area contributed by atoms with Crippen LogP contribution < -0.4 is 5.73 Å². The molecule has 3 aromatic rings. The molecule has 2 N–H and O–H groups in total. The molecule has 1 aromatic carbocycles. The molecular weight excluding hydrogens is 384 g/mol. The fourth-order valence-corrected chi connectivity index (χ4v) is 4.82. The topological polar surface area (TPSA) is 89.2 Å². The Hall–Kier alpha value is -3.06. The number of thiazole rings is 1. The molecule has 4 rings (SSSR count). The van der Waals surface area contributed by atoms with Gasteiger partial charge >= 0.3 is 0 Å². The highest BCUT2D eigenvalue weighted by Crippen LogP contribution is 2.41. The van der Waals surface area contributed by atoms with E-state index in [-0.39, 0.29) is 11.9 Å². The highest BCUT2D eigenvalue weighted by Gasteiger charge is 2.40. The van der Waals surface area contributed by atoms with Gasteiger partial charge in [0.15, 0.2) is 0 Å². The zero-order valence-corrected chi connectivity index (χ0v) is 17.1. The number of hydrogen-bond donors (Lipinski definition) is 1. The van der Waals surface area contributed by atoms with Crippen molar-refractivity contribution in [2.75, 3.05) is 0 Å². The predicted octanol–water partition coefficient (Wildman–Crippen LogP) is 3.51. The Morgan fingerprint density at radius 3 is 2.76 bits per heavy atom. The molecule has 6 nitrogen and oxygen atoms in total. The molecule has 0 aliphatic heterocycles. The summed E-state index contributed by atoms with van der Waals surface area (Å²) >= 11 is 1.28. The van der Waals surface area contributed by atoms with E-state index in [2.05, 4.69) is 29.0 Å². The third kappa shape index (κ3) is 3.53. The molecule has 2 aromatic heterocycles. The number of rotatable bonds is 5. The highest BCUT2D eigenvalue weighted by atomic mass is 32.1. The van der Waals surface area contributed by atoms with Crippen molar-refractivity contribution in [1.29, 1.82) is 0 Å². The van der Waals surface area contributed by atoms with Gasteiger partial charge in [-0.3, -0.25) is 14.6 Å². The number of carbonyl (C=O) groups excluding carboxylic acids is 2. The number of carbonyl (C=O) groups is 2. The van der Waals surface area contributed by atoms with Crippen LogP contribution in [0.1, 0.15) is 56.1 Å². The Labute approximate surface area is 173 Å². The number of aryl methyl sites for hydroxylation is 3. The van der Waals surface area contributed by atoms with E-state index >= 15 is 0 Å². The van der Waals surface area contributed by atoms with Crippen molar-refractivity contribution in [3.8, 4) is 0 Å². The predicted molar refractivity (Wildman–Crippen MR) is 111 cm³/mol. The zero-order valence-electron chi connectivity index (χ0n) is 16.3. The molecule has 2 heterocycles. The van der Waals surface area contributed by atoms with Crippen LogP contribution in [0.25, 0.3) is 0 Å². The average molecular weight is 407 g/mol. The summed E-state index contributed by atoms with van der Waals surface area (Å²) in [6.45, 7) is 3.86. The SMILES string of the molecule is Cc1ccc2c(c1)CC[C@H]2N(C(=O)c1scnc1C)C(C(N)=O)c1cccnc1. The van der Waals surface area contributed by atoms with Gasteiger partial charge in [0.05, 0.1) is 17.2 Å². The normalized spacial score (nSPS) is 16.3. The highest BCUT2D eigenvalue weighted by molar-refractivity contribution is 7.11. The van der Waals surface area contributed by atoms with Crippen molar-refractivity contribution in [3.63, 3.8) is 0 Å². The summed E-state index contributed by atoms with van der Waals surface area (Å²) in [5.41, 5.74) is 12.2. The first-order chi connectivity index (χ1) is 14.0.